The van der Waals surface area contributed by atoms with Crippen LogP contribution in [0.25, 0.3) is 22.4 Å². The van der Waals surface area contributed by atoms with Crippen LogP contribution in [0.15, 0.2) is 36.7 Å². The summed E-state index contributed by atoms with van der Waals surface area (Å²) in [5.74, 6) is 1.09. The van der Waals surface area contributed by atoms with Gasteiger partial charge in [0.2, 0.25) is 0 Å². The summed E-state index contributed by atoms with van der Waals surface area (Å²) in [5, 5.41) is 3.41. The lowest BCUT2D eigenvalue weighted by Crippen LogP contribution is -2.00. The maximum atomic E-state index is 4.85. The second-order valence-corrected chi connectivity index (χ2v) is 5.99. The second kappa shape index (κ2) is 4.15. The van der Waals surface area contributed by atoms with Crippen molar-refractivity contribution in [1.29, 1.82) is 0 Å². The maximum Gasteiger partial charge on any atom is 0.141 e. The van der Waals surface area contributed by atoms with Crippen molar-refractivity contribution in [2.75, 3.05) is 0 Å². The molecule has 0 unspecified atom stereocenters. The van der Waals surface area contributed by atoms with Gasteiger partial charge in [-0.3, -0.25) is 4.98 Å². The Morgan fingerprint density at radius 1 is 1.10 bits per heavy atom. The third-order valence-corrected chi connectivity index (χ3v) is 4.50. The van der Waals surface area contributed by atoms with E-state index < -0.39 is 0 Å². The minimum Gasteiger partial charge on any atom is -0.321 e. The first-order valence-electron chi connectivity index (χ1n) is 7.55. The van der Waals surface area contributed by atoms with Gasteiger partial charge in [0.25, 0.3) is 0 Å². The van der Waals surface area contributed by atoms with Crippen molar-refractivity contribution in [3.8, 4) is 11.4 Å². The lowest BCUT2D eigenvalue weighted by atomic mass is 10.1. The summed E-state index contributed by atoms with van der Waals surface area (Å²) in [6, 6.07) is 9.43. The Labute approximate surface area is 122 Å². The average molecular weight is 276 g/mol. The summed E-state index contributed by atoms with van der Waals surface area (Å²) in [7, 11) is 0. The molecule has 3 aromatic rings. The van der Waals surface area contributed by atoms with E-state index in [4.69, 9.17) is 4.98 Å². The van der Waals surface area contributed by atoms with E-state index in [2.05, 4.69) is 39.1 Å². The van der Waals surface area contributed by atoms with E-state index >= 15 is 0 Å². The molecule has 104 valence electrons. The van der Waals surface area contributed by atoms with Crippen LogP contribution in [0.2, 0.25) is 0 Å². The summed E-state index contributed by atoms with van der Waals surface area (Å²) >= 11 is 0. The van der Waals surface area contributed by atoms with Crippen LogP contribution in [0.3, 0.4) is 0 Å². The SMILES string of the molecule is c1cc2c(cn1)nc(-c1ccc3c(c1)CNC3)n2C1CC1. The number of nitrogens with one attached hydrogen (secondary N) is 1. The number of hydrogen-bond acceptors (Lipinski definition) is 3. The van der Waals surface area contributed by atoms with E-state index in [0.717, 1.165) is 24.4 Å². The zero-order valence-electron chi connectivity index (χ0n) is 11.7. The fraction of sp³-hybridized carbons (Fsp3) is 0.294. The smallest absolute Gasteiger partial charge is 0.141 e. The van der Waals surface area contributed by atoms with Gasteiger partial charge in [0, 0.05) is 30.9 Å². The van der Waals surface area contributed by atoms with Crippen molar-refractivity contribution in [3.63, 3.8) is 0 Å². The van der Waals surface area contributed by atoms with Crippen molar-refractivity contribution >= 4 is 11.0 Å². The Morgan fingerprint density at radius 3 is 2.90 bits per heavy atom. The van der Waals surface area contributed by atoms with Crippen LogP contribution in [0.4, 0.5) is 0 Å². The molecule has 1 aliphatic carbocycles. The molecule has 0 bridgehead atoms. The van der Waals surface area contributed by atoms with E-state index in [1.54, 1.807) is 0 Å². The lowest BCUT2D eigenvalue weighted by molar-refractivity contribution is 0.764. The van der Waals surface area contributed by atoms with Crippen molar-refractivity contribution in [3.05, 3.63) is 47.8 Å². The molecular weight excluding hydrogens is 260 g/mol. The molecular formula is C17H16N4. The fourth-order valence-corrected chi connectivity index (χ4v) is 3.29. The summed E-state index contributed by atoms with van der Waals surface area (Å²) in [6.45, 7) is 1.95. The monoisotopic (exact) mass is 276 g/mol. The highest BCUT2D eigenvalue weighted by Gasteiger charge is 2.29. The highest BCUT2D eigenvalue weighted by molar-refractivity contribution is 5.80. The minimum absolute atomic E-state index is 0.610. The molecule has 1 fully saturated rings. The van der Waals surface area contributed by atoms with Crippen LogP contribution in [-0.2, 0) is 13.1 Å². The van der Waals surface area contributed by atoms with E-state index in [-0.39, 0.29) is 0 Å². The van der Waals surface area contributed by atoms with Gasteiger partial charge in [0.15, 0.2) is 0 Å². The molecule has 2 aliphatic rings. The van der Waals surface area contributed by atoms with Gasteiger partial charge in [-0.05, 0) is 36.1 Å². The highest BCUT2D eigenvalue weighted by Crippen LogP contribution is 2.41. The van der Waals surface area contributed by atoms with Crippen LogP contribution in [0, 0.1) is 0 Å². The molecule has 0 saturated heterocycles. The topological polar surface area (TPSA) is 42.7 Å². The van der Waals surface area contributed by atoms with Gasteiger partial charge in [-0.25, -0.2) is 4.98 Å². The zero-order chi connectivity index (χ0) is 13.8. The van der Waals surface area contributed by atoms with Crippen molar-refractivity contribution < 1.29 is 0 Å². The lowest BCUT2D eigenvalue weighted by Gasteiger charge is -2.09. The zero-order valence-corrected chi connectivity index (χ0v) is 11.7. The molecule has 4 heteroatoms. The number of aromatic nitrogens is 3. The molecule has 1 aromatic carbocycles. The summed E-state index contributed by atoms with van der Waals surface area (Å²) in [5.41, 5.74) is 6.24. The summed E-state index contributed by atoms with van der Waals surface area (Å²) in [6.07, 6.45) is 6.24. The summed E-state index contributed by atoms with van der Waals surface area (Å²) < 4.78 is 2.40. The van der Waals surface area contributed by atoms with E-state index in [1.165, 1.54) is 35.0 Å². The van der Waals surface area contributed by atoms with Gasteiger partial charge < -0.3 is 9.88 Å². The van der Waals surface area contributed by atoms with Gasteiger partial charge in [-0.2, -0.15) is 0 Å². The predicted octanol–water partition coefficient (Wildman–Crippen LogP) is 3.04. The fourth-order valence-electron chi connectivity index (χ4n) is 3.29. The number of imidazole rings is 1. The number of benzene rings is 1. The van der Waals surface area contributed by atoms with E-state index in [1.807, 2.05) is 12.4 Å². The quantitative estimate of drug-likeness (QED) is 0.782. The number of nitrogens with zero attached hydrogens (tertiary/aromatic N) is 3. The van der Waals surface area contributed by atoms with E-state index in [9.17, 15) is 0 Å². The first kappa shape index (κ1) is 11.5. The molecule has 2 aromatic heterocycles. The number of fused-ring (bicyclic) bond motifs is 2. The van der Waals surface area contributed by atoms with Gasteiger partial charge >= 0.3 is 0 Å². The summed E-state index contributed by atoms with van der Waals surface area (Å²) in [4.78, 5) is 9.06. The Morgan fingerprint density at radius 2 is 2.00 bits per heavy atom. The molecule has 0 amide bonds. The normalized spacial score (nSPS) is 17.3. The Balaban J connectivity index is 1.75. The maximum absolute atomic E-state index is 4.85. The molecule has 5 rings (SSSR count). The molecule has 0 radical (unpaired) electrons. The van der Waals surface area contributed by atoms with Gasteiger partial charge in [0.1, 0.15) is 11.3 Å². The number of hydrogen-bond donors (Lipinski definition) is 1. The Kier molecular flexibility index (Phi) is 2.26. The van der Waals surface area contributed by atoms with Crippen LogP contribution in [0.1, 0.15) is 30.0 Å². The number of pyridine rings is 1. The predicted molar refractivity (Wildman–Crippen MR) is 81.8 cm³/mol. The van der Waals surface area contributed by atoms with Gasteiger partial charge in [0.05, 0.1) is 11.7 Å². The molecule has 1 N–H and O–H groups in total. The third-order valence-electron chi connectivity index (χ3n) is 4.50. The average Bonchev–Trinajstić information content (AvgIpc) is 3.12. The molecule has 1 saturated carbocycles. The standard InChI is InChI=1S/C17H16N4/c1-2-12-8-19-9-13(12)7-11(1)17-20-15-10-18-6-5-16(15)21(17)14-3-4-14/h1-2,5-7,10,14,19H,3-4,8-9H2. The van der Waals surface area contributed by atoms with Crippen molar-refractivity contribution in [1.82, 2.24) is 19.9 Å². The first-order valence-corrected chi connectivity index (χ1v) is 7.55. The van der Waals surface area contributed by atoms with Crippen LogP contribution in [-0.4, -0.2) is 14.5 Å². The Bertz CT molecular complexity index is 845. The molecule has 3 heterocycles. The largest absolute Gasteiger partial charge is 0.321 e. The minimum atomic E-state index is 0.610. The molecule has 1 aliphatic heterocycles. The van der Waals surface area contributed by atoms with Crippen molar-refractivity contribution in [2.45, 2.75) is 32.0 Å². The van der Waals surface area contributed by atoms with Crippen LogP contribution in [0.5, 0.6) is 0 Å². The van der Waals surface area contributed by atoms with E-state index in [0.29, 0.717) is 6.04 Å². The van der Waals surface area contributed by atoms with Crippen molar-refractivity contribution in [2.24, 2.45) is 0 Å². The molecule has 4 nitrogen and oxygen atoms in total. The van der Waals surface area contributed by atoms with Gasteiger partial charge in [-0.15, -0.1) is 0 Å². The number of rotatable bonds is 2. The van der Waals surface area contributed by atoms with Crippen LogP contribution < -0.4 is 5.32 Å². The Hall–Kier alpha value is -2.20. The molecule has 0 spiro atoms. The van der Waals surface area contributed by atoms with Gasteiger partial charge in [-0.1, -0.05) is 12.1 Å². The highest BCUT2D eigenvalue weighted by atomic mass is 15.1. The van der Waals surface area contributed by atoms with Crippen LogP contribution >= 0.6 is 0 Å². The second-order valence-electron chi connectivity index (χ2n) is 5.99. The molecule has 0 atom stereocenters. The molecule has 21 heavy (non-hydrogen) atoms. The first-order chi connectivity index (χ1) is 10.4. The third kappa shape index (κ3) is 1.72.